The highest BCUT2D eigenvalue weighted by molar-refractivity contribution is 7.13. The summed E-state index contributed by atoms with van der Waals surface area (Å²) >= 11 is 12.3. The number of aromatic nitrogens is 1. The fraction of sp³-hybridized carbons (Fsp3) is 0.250. The van der Waals surface area contributed by atoms with Crippen molar-refractivity contribution in [2.75, 3.05) is 10.6 Å². The van der Waals surface area contributed by atoms with Crippen LogP contribution in [0.5, 0.6) is 0 Å². The second kappa shape index (κ2) is 8.46. The lowest BCUT2D eigenvalue weighted by Gasteiger charge is -2.20. The lowest BCUT2D eigenvalue weighted by molar-refractivity contribution is -0.137. The van der Waals surface area contributed by atoms with E-state index in [0.717, 1.165) is 30.4 Å². The first kappa shape index (κ1) is 22.1. The van der Waals surface area contributed by atoms with Gasteiger partial charge < -0.3 is 10.6 Å². The van der Waals surface area contributed by atoms with E-state index in [9.17, 15) is 27.6 Å². The van der Waals surface area contributed by atoms with Gasteiger partial charge in [-0.15, -0.1) is 11.3 Å². The Kier molecular flexibility index (Phi) is 6.68. The maximum Gasteiger partial charge on any atom is 0.418 e. The zero-order valence-corrected chi connectivity index (χ0v) is 16.4. The van der Waals surface area contributed by atoms with Crippen molar-refractivity contribution in [2.45, 2.75) is 23.9 Å². The summed E-state index contributed by atoms with van der Waals surface area (Å²) in [5.74, 6) is -2.87. The van der Waals surface area contributed by atoms with Crippen molar-refractivity contribution in [1.29, 1.82) is 0 Å². The van der Waals surface area contributed by atoms with E-state index in [1.807, 2.05) is 5.32 Å². The predicted octanol–water partition coefficient (Wildman–Crippen LogP) is 4.51. The van der Waals surface area contributed by atoms with Gasteiger partial charge in [-0.1, -0.05) is 29.3 Å². The number of benzene rings is 1. The number of alkyl halides is 5. The Hall–Kier alpha value is -2.17. The predicted molar refractivity (Wildman–Crippen MR) is 99.9 cm³/mol. The van der Waals surface area contributed by atoms with E-state index in [0.29, 0.717) is 6.07 Å². The number of rotatable bonds is 6. The molecule has 2 amide bonds. The van der Waals surface area contributed by atoms with Crippen LogP contribution in [0.25, 0.3) is 0 Å². The van der Waals surface area contributed by atoms with E-state index in [-0.39, 0.29) is 5.13 Å². The number of thiazole rings is 1. The Balaban J connectivity index is 2.35. The van der Waals surface area contributed by atoms with Crippen LogP contribution in [0.1, 0.15) is 29.3 Å². The average molecular weight is 454 g/mol. The quantitative estimate of drug-likeness (QED) is 0.382. The molecular weight excluding hydrogens is 442 g/mol. The highest BCUT2D eigenvalue weighted by atomic mass is 35.5. The number of anilines is 2. The summed E-state index contributed by atoms with van der Waals surface area (Å²) in [5.41, 5.74) is -2.60. The molecule has 150 valence electrons. The second-order valence-corrected chi connectivity index (χ2v) is 8.15. The highest BCUT2D eigenvalue weighted by Gasteiger charge is 2.37. The van der Waals surface area contributed by atoms with Gasteiger partial charge in [-0.3, -0.25) is 14.4 Å². The molecule has 28 heavy (non-hydrogen) atoms. The Labute approximate surface area is 171 Å². The molecule has 0 aliphatic rings. The van der Waals surface area contributed by atoms with Crippen molar-refractivity contribution < 1.29 is 27.6 Å². The zero-order chi connectivity index (χ0) is 21.1. The molecule has 1 aromatic carbocycles. The van der Waals surface area contributed by atoms with Gasteiger partial charge >= 0.3 is 6.18 Å². The number of Topliss-reactive ketones (excluding diaryl/α,β-unsaturated/α-hetero) is 1. The fourth-order valence-corrected chi connectivity index (χ4v) is 2.71. The molecule has 12 heteroatoms. The molecule has 1 aromatic heterocycles. The number of hydrogen-bond acceptors (Lipinski definition) is 5. The summed E-state index contributed by atoms with van der Waals surface area (Å²) in [6, 6.07) is 2.73. The number of carbonyl (C=O) groups excluding carboxylic acids is 3. The molecule has 0 radical (unpaired) electrons. The van der Waals surface area contributed by atoms with Crippen LogP contribution in [-0.4, -0.2) is 26.9 Å². The van der Waals surface area contributed by atoms with Gasteiger partial charge in [0.25, 0.3) is 5.91 Å². The minimum Gasteiger partial charge on any atom is -0.322 e. The largest absolute Gasteiger partial charge is 0.418 e. The Bertz CT molecular complexity index is 897. The van der Waals surface area contributed by atoms with Gasteiger partial charge in [0, 0.05) is 17.1 Å². The Morgan fingerprint density at radius 2 is 1.86 bits per heavy atom. The molecule has 2 N–H and O–H groups in total. The highest BCUT2D eigenvalue weighted by Crippen LogP contribution is 2.38. The van der Waals surface area contributed by atoms with Crippen molar-refractivity contribution in [1.82, 2.24) is 4.98 Å². The van der Waals surface area contributed by atoms with Crippen LogP contribution in [0, 0.1) is 0 Å². The SMILES string of the molecule is CC(Cl)(Cl)C(=O)Nc1c(C(=O)CC(=O)Nc2nccs2)cccc1C(F)(F)F. The smallest absolute Gasteiger partial charge is 0.322 e. The molecule has 2 aromatic rings. The molecule has 0 bridgehead atoms. The minimum absolute atomic E-state index is 0.232. The van der Waals surface area contributed by atoms with Crippen LogP contribution in [0.2, 0.25) is 0 Å². The van der Waals surface area contributed by atoms with Crippen LogP contribution < -0.4 is 10.6 Å². The van der Waals surface area contributed by atoms with Gasteiger partial charge in [-0.25, -0.2) is 4.98 Å². The first-order chi connectivity index (χ1) is 12.9. The number of para-hydroxylation sites is 1. The van der Waals surface area contributed by atoms with Crippen LogP contribution in [0.15, 0.2) is 29.8 Å². The summed E-state index contributed by atoms with van der Waals surface area (Å²) in [6.45, 7) is 1.06. The molecule has 0 saturated heterocycles. The van der Waals surface area contributed by atoms with E-state index in [4.69, 9.17) is 23.2 Å². The lowest BCUT2D eigenvalue weighted by atomic mass is 10.0. The van der Waals surface area contributed by atoms with Gasteiger partial charge in [-0.2, -0.15) is 13.2 Å². The molecule has 6 nitrogen and oxygen atoms in total. The van der Waals surface area contributed by atoms with E-state index >= 15 is 0 Å². The van der Waals surface area contributed by atoms with E-state index in [1.54, 1.807) is 5.38 Å². The topological polar surface area (TPSA) is 88.2 Å². The number of carbonyl (C=O) groups is 3. The van der Waals surface area contributed by atoms with Gasteiger partial charge in [0.05, 0.1) is 17.7 Å². The molecule has 0 saturated carbocycles. The number of nitrogens with zero attached hydrogens (tertiary/aromatic N) is 1. The number of ketones is 1. The van der Waals surface area contributed by atoms with Crippen LogP contribution >= 0.6 is 34.5 Å². The maximum atomic E-state index is 13.3. The minimum atomic E-state index is -4.88. The van der Waals surface area contributed by atoms with Gasteiger partial charge in [0.15, 0.2) is 15.2 Å². The van der Waals surface area contributed by atoms with Crippen molar-refractivity contribution >= 4 is 63.0 Å². The summed E-state index contributed by atoms with van der Waals surface area (Å²) in [6.07, 6.45) is -4.21. The molecule has 0 atom stereocenters. The summed E-state index contributed by atoms with van der Waals surface area (Å²) < 4.78 is 38.0. The molecule has 0 fully saturated rings. The van der Waals surface area contributed by atoms with E-state index < -0.39 is 51.3 Å². The summed E-state index contributed by atoms with van der Waals surface area (Å²) in [4.78, 5) is 40.2. The van der Waals surface area contributed by atoms with Crippen LogP contribution in [-0.2, 0) is 15.8 Å². The van der Waals surface area contributed by atoms with Crippen LogP contribution in [0.4, 0.5) is 24.0 Å². The monoisotopic (exact) mass is 453 g/mol. The molecule has 0 spiro atoms. The Morgan fingerprint density at radius 1 is 1.18 bits per heavy atom. The molecule has 1 heterocycles. The third kappa shape index (κ3) is 5.66. The number of amides is 2. The molecule has 0 aliphatic carbocycles. The van der Waals surface area contributed by atoms with Crippen molar-refractivity contribution in [3.8, 4) is 0 Å². The van der Waals surface area contributed by atoms with Crippen molar-refractivity contribution in [3.05, 3.63) is 40.9 Å². The molecule has 0 unspecified atom stereocenters. The van der Waals surface area contributed by atoms with Crippen LogP contribution in [0.3, 0.4) is 0 Å². The fourth-order valence-electron chi connectivity index (χ4n) is 2.07. The third-order valence-corrected chi connectivity index (χ3v) is 4.34. The van der Waals surface area contributed by atoms with Gasteiger partial charge in [-0.05, 0) is 19.1 Å². The summed E-state index contributed by atoms with van der Waals surface area (Å²) in [5, 5.41) is 6.11. The van der Waals surface area contributed by atoms with E-state index in [1.165, 1.54) is 6.20 Å². The molecule has 0 aliphatic heterocycles. The van der Waals surface area contributed by atoms with Crippen molar-refractivity contribution in [3.63, 3.8) is 0 Å². The Morgan fingerprint density at radius 3 is 2.39 bits per heavy atom. The lowest BCUT2D eigenvalue weighted by Crippen LogP contribution is -2.31. The normalized spacial score (nSPS) is 11.8. The standard InChI is InChI=1S/C16H12Cl2F3N3O3S/c1-15(17,18)13(27)24-12-8(3-2-4-9(12)16(19,20)21)10(25)7-11(26)23-14-22-5-6-28-14/h2-6H,7H2,1H3,(H,24,27)(H,22,23,26). The maximum absolute atomic E-state index is 13.3. The average Bonchev–Trinajstić information content (AvgIpc) is 3.05. The molecule has 2 rings (SSSR count). The van der Waals surface area contributed by atoms with E-state index in [2.05, 4.69) is 10.3 Å². The first-order valence-corrected chi connectivity index (χ1v) is 9.15. The third-order valence-electron chi connectivity index (χ3n) is 3.31. The molecular formula is C16H12Cl2F3N3O3S. The van der Waals surface area contributed by atoms with Crippen molar-refractivity contribution in [2.24, 2.45) is 0 Å². The van der Waals surface area contributed by atoms with Gasteiger partial charge in [0.1, 0.15) is 0 Å². The first-order valence-electron chi connectivity index (χ1n) is 7.51. The number of hydrogen-bond donors (Lipinski definition) is 2. The second-order valence-electron chi connectivity index (χ2n) is 5.55. The zero-order valence-electron chi connectivity index (χ0n) is 14.1. The van der Waals surface area contributed by atoms with Gasteiger partial charge in [0.2, 0.25) is 5.91 Å². The number of halogens is 5. The summed E-state index contributed by atoms with van der Waals surface area (Å²) in [7, 11) is 0. The number of nitrogens with one attached hydrogen (secondary N) is 2.